The van der Waals surface area contributed by atoms with Gasteiger partial charge in [0.1, 0.15) is 29.1 Å². The summed E-state index contributed by atoms with van der Waals surface area (Å²) in [5.74, 6) is -0.543. The highest BCUT2D eigenvalue weighted by atomic mass is 19.1. The van der Waals surface area contributed by atoms with Crippen molar-refractivity contribution in [2.24, 2.45) is 0 Å². The third kappa shape index (κ3) is 3.70. The molecule has 1 aliphatic rings. The lowest BCUT2D eigenvalue weighted by molar-refractivity contribution is 0.0932. The molecule has 8 nitrogen and oxygen atoms in total. The number of pyridine rings is 1. The summed E-state index contributed by atoms with van der Waals surface area (Å²) in [5.41, 5.74) is 2.45. The van der Waals surface area contributed by atoms with Crippen molar-refractivity contribution in [2.75, 3.05) is 11.9 Å². The van der Waals surface area contributed by atoms with Gasteiger partial charge in [0.2, 0.25) is 5.88 Å². The maximum atomic E-state index is 13.9. The summed E-state index contributed by atoms with van der Waals surface area (Å²) in [6, 6.07) is 7.26. The number of hydrogen-bond acceptors (Lipinski definition) is 6. The Bertz CT molecular complexity index is 1320. The van der Waals surface area contributed by atoms with Crippen LogP contribution in [0.4, 0.5) is 14.6 Å². The molecule has 5 rings (SSSR count). The minimum absolute atomic E-state index is 0.162. The van der Waals surface area contributed by atoms with Gasteiger partial charge in [0.05, 0.1) is 18.9 Å². The van der Waals surface area contributed by atoms with Gasteiger partial charge < -0.3 is 15.4 Å². The molecule has 4 heterocycles. The first kappa shape index (κ1) is 19.9. The lowest BCUT2D eigenvalue weighted by Gasteiger charge is -2.17. The van der Waals surface area contributed by atoms with Gasteiger partial charge in [-0.05, 0) is 30.7 Å². The Morgan fingerprint density at radius 2 is 1.91 bits per heavy atom. The van der Waals surface area contributed by atoms with Crippen molar-refractivity contribution in [3.63, 3.8) is 0 Å². The molecule has 4 aromatic rings. The molecule has 0 saturated carbocycles. The van der Waals surface area contributed by atoms with E-state index in [1.54, 1.807) is 25.3 Å². The van der Waals surface area contributed by atoms with Crippen LogP contribution in [0.3, 0.4) is 0 Å². The first-order chi connectivity index (χ1) is 15.5. The maximum Gasteiger partial charge on any atom is 0.256 e. The molecule has 162 valence electrons. The number of rotatable bonds is 1. The van der Waals surface area contributed by atoms with Crippen LogP contribution in [0.5, 0.6) is 5.88 Å². The van der Waals surface area contributed by atoms with Crippen LogP contribution >= 0.6 is 0 Å². The van der Waals surface area contributed by atoms with E-state index in [-0.39, 0.29) is 30.7 Å². The van der Waals surface area contributed by atoms with Crippen LogP contribution in [0.2, 0.25) is 0 Å². The van der Waals surface area contributed by atoms with Crippen molar-refractivity contribution in [2.45, 2.75) is 19.6 Å². The smallest absolute Gasteiger partial charge is 0.256 e. The summed E-state index contributed by atoms with van der Waals surface area (Å²) in [7, 11) is 0. The molecule has 1 atom stereocenters. The van der Waals surface area contributed by atoms with Gasteiger partial charge in [0, 0.05) is 23.9 Å². The quantitative estimate of drug-likeness (QED) is 0.476. The van der Waals surface area contributed by atoms with Gasteiger partial charge in [-0.25, -0.2) is 23.3 Å². The van der Waals surface area contributed by atoms with Crippen LogP contribution in [0, 0.1) is 11.6 Å². The molecule has 2 bridgehead atoms. The van der Waals surface area contributed by atoms with Gasteiger partial charge in [-0.15, -0.1) is 0 Å². The molecule has 0 fully saturated rings. The number of fused-ring (bicyclic) bond motifs is 2. The predicted molar refractivity (Wildman–Crippen MR) is 112 cm³/mol. The zero-order valence-corrected chi connectivity index (χ0v) is 17.0. The highest BCUT2D eigenvalue weighted by Gasteiger charge is 2.20. The fraction of sp³-hybridized carbons (Fsp3) is 0.182. The maximum absolute atomic E-state index is 13.9. The summed E-state index contributed by atoms with van der Waals surface area (Å²) in [5, 5.41) is 10.2. The van der Waals surface area contributed by atoms with E-state index < -0.39 is 11.9 Å². The van der Waals surface area contributed by atoms with E-state index in [1.807, 2.05) is 0 Å². The Morgan fingerprint density at radius 1 is 1.09 bits per heavy atom. The summed E-state index contributed by atoms with van der Waals surface area (Å²) in [6.45, 7) is 2.15. The minimum atomic E-state index is -0.500. The monoisotopic (exact) mass is 436 g/mol. The van der Waals surface area contributed by atoms with Crippen molar-refractivity contribution >= 4 is 17.4 Å². The Morgan fingerprint density at radius 3 is 2.72 bits per heavy atom. The number of amides is 1. The summed E-state index contributed by atoms with van der Waals surface area (Å²) in [4.78, 5) is 21.4. The van der Waals surface area contributed by atoms with Gasteiger partial charge in [-0.3, -0.25) is 4.79 Å². The molecule has 32 heavy (non-hydrogen) atoms. The fourth-order valence-electron chi connectivity index (χ4n) is 3.49. The van der Waals surface area contributed by atoms with E-state index in [1.165, 1.54) is 28.9 Å². The zero-order chi connectivity index (χ0) is 22.2. The molecule has 0 aliphatic carbocycles. The van der Waals surface area contributed by atoms with Crippen LogP contribution in [0.1, 0.15) is 22.8 Å². The standard InChI is InChI=1S/C22H18F2N6O2/c1-12-7-26-21(31)17-10-28-30-11-18(13-2-4-15(23)5-3-13)19(29-20(17)30)25-8-14-6-16(24)9-27-22(14)32-12/h2-6,9-12H,7-8H2,1H3,(H,25,29)(H,26,31)/t12-/m0/s1. The molecule has 1 aliphatic heterocycles. The van der Waals surface area contributed by atoms with E-state index in [4.69, 9.17) is 4.74 Å². The largest absolute Gasteiger partial charge is 0.473 e. The second kappa shape index (κ2) is 7.88. The van der Waals surface area contributed by atoms with E-state index in [2.05, 4.69) is 25.7 Å². The normalized spacial score (nSPS) is 16.2. The number of carbonyl (C=O) groups excluding carboxylic acids is 1. The van der Waals surface area contributed by atoms with Crippen LogP contribution in [0.25, 0.3) is 16.8 Å². The van der Waals surface area contributed by atoms with Crippen molar-refractivity contribution in [1.82, 2.24) is 24.9 Å². The Balaban J connectivity index is 1.66. The molecule has 0 saturated heterocycles. The minimum Gasteiger partial charge on any atom is -0.473 e. The number of carbonyl (C=O) groups is 1. The van der Waals surface area contributed by atoms with Gasteiger partial charge >= 0.3 is 0 Å². The first-order valence-corrected chi connectivity index (χ1v) is 9.95. The average molecular weight is 436 g/mol. The van der Waals surface area contributed by atoms with Gasteiger partial charge in [-0.1, -0.05) is 12.1 Å². The fourth-order valence-corrected chi connectivity index (χ4v) is 3.49. The molecular formula is C22H18F2N6O2. The number of benzene rings is 1. The van der Waals surface area contributed by atoms with Crippen molar-refractivity contribution in [3.05, 3.63) is 71.7 Å². The van der Waals surface area contributed by atoms with Crippen molar-refractivity contribution < 1.29 is 18.3 Å². The van der Waals surface area contributed by atoms with Crippen LogP contribution in [-0.4, -0.2) is 38.1 Å². The number of anilines is 1. The predicted octanol–water partition coefficient (Wildman–Crippen LogP) is 3.19. The average Bonchev–Trinajstić information content (AvgIpc) is 3.20. The number of nitrogens with zero attached hydrogens (tertiary/aromatic N) is 4. The molecular weight excluding hydrogens is 418 g/mol. The third-order valence-corrected chi connectivity index (χ3v) is 5.09. The van der Waals surface area contributed by atoms with E-state index in [9.17, 15) is 13.6 Å². The SMILES string of the molecule is C[C@H]1CNC(=O)c2cnn3cc(-c4ccc(F)cc4)c(nc23)NCc2cc(F)cnc2O1. The van der Waals surface area contributed by atoms with Gasteiger partial charge in [0.15, 0.2) is 5.65 Å². The number of ether oxygens (including phenoxy) is 1. The van der Waals surface area contributed by atoms with Crippen molar-refractivity contribution in [3.8, 4) is 17.0 Å². The molecule has 10 heteroatoms. The van der Waals surface area contributed by atoms with Crippen LogP contribution in [0.15, 0.2) is 48.9 Å². The summed E-state index contributed by atoms with van der Waals surface area (Å²) < 4.78 is 34.7. The number of halogens is 2. The Hall–Kier alpha value is -4.08. The van der Waals surface area contributed by atoms with E-state index in [0.717, 1.165) is 6.20 Å². The second-order valence-electron chi connectivity index (χ2n) is 7.45. The third-order valence-electron chi connectivity index (χ3n) is 5.09. The molecule has 2 N–H and O–H groups in total. The first-order valence-electron chi connectivity index (χ1n) is 9.95. The lowest BCUT2D eigenvalue weighted by atomic mass is 10.1. The van der Waals surface area contributed by atoms with Crippen LogP contribution in [-0.2, 0) is 6.54 Å². The highest BCUT2D eigenvalue weighted by molar-refractivity contribution is 6.00. The topological polar surface area (TPSA) is 93.4 Å². The van der Waals surface area contributed by atoms with Gasteiger partial charge in [0.25, 0.3) is 5.91 Å². The molecule has 1 amide bonds. The molecule has 3 aromatic heterocycles. The number of nitrogens with one attached hydrogen (secondary N) is 2. The highest BCUT2D eigenvalue weighted by Crippen LogP contribution is 2.29. The zero-order valence-electron chi connectivity index (χ0n) is 17.0. The Kier molecular flexibility index (Phi) is 4.89. The number of hydrogen-bond donors (Lipinski definition) is 2. The van der Waals surface area contributed by atoms with Gasteiger partial charge in [-0.2, -0.15) is 5.10 Å². The van der Waals surface area contributed by atoms with Crippen molar-refractivity contribution in [1.29, 1.82) is 0 Å². The molecule has 0 radical (unpaired) electrons. The Labute approximate surface area is 181 Å². The lowest BCUT2D eigenvalue weighted by Crippen LogP contribution is -2.33. The molecule has 0 spiro atoms. The molecule has 0 unspecified atom stereocenters. The van der Waals surface area contributed by atoms with Crippen LogP contribution < -0.4 is 15.4 Å². The van der Waals surface area contributed by atoms with E-state index >= 15 is 0 Å². The summed E-state index contributed by atoms with van der Waals surface area (Å²) in [6.07, 6.45) is 3.81. The summed E-state index contributed by atoms with van der Waals surface area (Å²) >= 11 is 0. The second-order valence-corrected chi connectivity index (χ2v) is 7.45. The molecule has 1 aromatic carbocycles. The number of aromatic nitrogens is 4. The van der Waals surface area contributed by atoms with E-state index in [0.29, 0.717) is 33.7 Å².